The van der Waals surface area contributed by atoms with Gasteiger partial charge in [0.1, 0.15) is 18.2 Å². The lowest BCUT2D eigenvalue weighted by atomic mass is 9.90. The Kier molecular flexibility index (Phi) is 7.62. The molecule has 0 aliphatic carbocycles. The first-order chi connectivity index (χ1) is 17.3. The van der Waals surface area contributed by atoms with Gasteiger partial charge in [0.15, 0.2) is 8.32 Å². The van der Waals surface area contributed by atoms with E-state index in [2.05, 4.69) is 76.5 Å². The van der Waals surface area contributed by atoms with Crippen LogP contribution in [0, 0.1) is 5.82 Å². The normalized spacial score (nSPS) is 12.8. The maximum atomic E-state index is 14.1. The zero-order valence-corrected chi connectivity index (χ0v) is 24.6. The van der Waals surface area contributed by atoms with E-state index in [1.54, 1.807) is 12.1 Å². The maximum Gasteiger partial charge on any atom is 0.192 e. The minimum atomic E-state index is -1.97. The third-order valence-electron chi connectivity index (χ3n) is 7.50. The molecule has 0 fully saturated rings. The van der Waals surface area contributed by atoms with E-state index in [0.717, 1.165) is 33.6 Å². The molecule has 3 nitrogen and oxygen atoms in total. The highest BCUT2D eigenvalue weighted by molar-refractivity contribution is 6.74. The number of halogens is 2. The number of aromatic nitrogens is 1. The van der Waals surface area contributed by atoms with Crippen molar-refractivity contribution in [3.05, 3.63) is 94.9 Å². The summed E-state index contributed by atoms with van der Waals surface area (Å²) in [6, 6.07) is 23.2. The Morgan fingerprint density at radius 2 is 1.59 bits per heavy atom. The van der Waals surface area contributed by atoms with Crippen molar-refractivity contribution in [3.63, 3.8) is 0 Å². The van der Waals surface area contributed by atoms with Crippen LogP contribution in [0.5, 0.6) is 5.75 Å². The predicted molar refractivity (Wildman–Crippen MR) is 155 cm³/mol. The molecule has 4 aromatic rings. The summed E-state index contributed by atoms with van der Waals surface area (Å²) in [7, 11) is -1.97. The zero-order valence-electron chi connectivity index (χ0n) is 22.9. The predicted octanol–water partition coefficient (Wildman–Crippen LogP) is 9.30. The van der Waals surface area contributed by atoms with E-state index >= 15 is 0 Å². The fourth-order valence-corrected chi connectivity index (χ4v) is 5.45. The molecular formula is C31H37ClFNO2Si. The number of hydrogen-bond acceptors (Lipinski definition) is 2. The van der Waals surface area contributed by atoms with Gasteiger partial charge in [0.2, 0.25) is 0 Å². The Morgan fingerprint density at radius 3 is 2.24 bits per heavy atom. The molecule has 0 bridgehead atoms. The van der Waals surface area contributed by atoms with E-state index in [4.69, 9.17) is 20.8 Å². The molecule has 1 heterocycles. The van der Waals surface area contributed by atoms with Gasteiger partial charge in [-0.3, -0.25) is 0 Å². The van der Waals surface area contributed by atoms with E-state index < -0.39 is 14.1 Å². The van der Waals surface area contributed by atoms with Crippen LogP contribution < -0.4 is 4.74 Å². The molecule has 0 saturated carbocycles. The summed E-state index contributed by atoms with van der Waals surface area (Å²) in [5.41, 5.74) is 3.60. The molecule has 0 atom stereocenters. The lowest BCUT2D eigenvalue weighted by molar-refractivity contribution is 0.216. The average Bonchev–Trinajstić information content (AvgIpc) is 3.25. The quantitative estimate of drug-likeness (QED) is 0.209. The van der Waals surface area contributed by atoms with Gasteiger partial charge in [0, 0.05) is 28.8 Å². The summed E-state index contributed by atoms with van der Waals surface area (Å²) in [5, 5.41) is 1.20. The Bertz CT molecular complexity index is 1390. The molecule has 1 aromatic heterocycles. The highest BCUT2D eigenvalue weighted by atomic mass is 35.5. The second-order valence-electron chi connectivity index (χ2n) is 11.9. The van der Waals surface area contributed by atoms with E-state index in [9.17, 15) is 4.39 Å². The first-order valence-corrected chi connectivity index (χ1v) is 16.0. The van der Waals surface area contributed by atoms with Crippen molar-refractivity contribution in [3.8, 4) is 11.4 Å². The first kappa shape index (κ1) is 27.4. The molecule has 196 valence electrons. The summed E-state index contributed by atoms with van der Waals surface area (Å²) in [4.78, 5) is 0. The van der Waals surface area contributed by atoms with Gasteiger partial charge < -0.3 is 13.7 Å². The third-order valence-corrected chi connectivity index (χ3v) is 12.3. The standard InChI is InChI=1S/C31H37ClFNO2Si/c1-30(2,3)37(6,7)36-21-31(4,5)29-19-24-27(34(29)23-16-17-26(33)25(32)18-23)14-11-15-28(24)35-20-22-12-9-8-10-13-22/h8-19H,20-21H2,1-7H3. The monoisotopic (exact) mass is 537 g/mol. The van der Waals surface area contributed by atoms with Crippen LogP contribution >= 0.6 is 11.6 Å². The number of fused-ring (bicyclic) bond motifs is 1. The second-order valence-corrected chi connectivity index (χ2v) is 17.1. The molecule has 4 rings (SSSR count). The van der Waals surface area contributed by atoms with Crippen LogP contribution in [0.15, 0.2) is 72.8 Å². The van der Waals surface area contributed by atoms with E-state index in [1.165, 1.54) is 6.07 Å². The maximum absolute atomic E-state index is 14.1. The molecule has 6 heteroatoms. The Balaban J connectivity index is 1.81. The molecular weight excluding hydrogens is 501 g/mol. The highest BCUT2D eigenvalue weighted by Gasteiger charge is 2.39. The molecule has 0 spiro atoms. The van der Waals surface area contributed by atoms with Gasteiger partial charge in [0.25, 0.3) is 0 Å². The minimum Gasteiger partial charge on any atom is -0.488 e. The number of hydrogen-bond donors (Lipinski definition) is 0. The van der Waals surface area contributed by atoms with Crippen LogP contribution in [0.25, 0.3) is 16.6 Å². The number of nitrogens with zero attached hydrogens (tertiary/aromatic N) is 1. The smallest absolute Gasteiger partial charge is 0.192 e. The zero-order chi connectivity index (χ0) is 27.0. The molecule has 3 aromatic carbocycles. The topological polar surface area (TPSA) is 23.4 Å². The second kappa shape index (κ2) is 10.3. The Labute approximate surface area is 226 Å². The van der Waals surface area contributed by atoms with Crippen molar-refractivity contribution in [2.24, 2.45) is 0 Å². The Morgan fingerprint density at radius 1 is 0.892 bits per heavy atom. The molecule has 0 unspecified atom stereocenters. The van der Waals surface area contributed by atoms with Gasteiger partial charge in [-0.2, -0.15) is 0 Å². The highest BCUT2D eigenvalue weighted by Crippen LogP contribution is 2.41. The molecule has 0 amide bonds. The number of rotatable bonds is 8. The van der Waals surface area contributed by atoms with Crippen molar-refractivity contribution < 1.29 is 13.6 Å². The lowest BCUT2D eigenvalue weighted by Crippen LogP contribution is -2.44. The molecule has 0 radical (unpaired) electrons. The van der Waals surface area contributed by atoms with Gasteiger partial charge in [-0.25, -0.2) is 4.39 Å². The van der Waals surface area contributed by atoms with Crippen molar-refractivity contribution in [1.29, 1.82) is 0 Å². The van der Waals surface area contributed by atoms with Gasteiger partial charge >= 0.3 is 0 Å². The van der Waals surface area contributed by atoms with Gasteiger partial charge in [-0.05, 0) is 60.1 Å². The van der Waals surface area contributed by atoms with Crippen LogP contribution in [-0.4, -0.2) is 19.5 Å². The van der Waals surface area contributed by atoms with Crippen LogP contribution in [0.2, 0.25) is 23.2 Å². The fourth-order valence-electron chi connectivity index (χ4n) is 4.12. The first-order valence-electron chi connectivity index (χ1n) is 12.7. The molecule has 0 aliphatic rings. The summed E-state index contributed by atoms with van der Waals surface area (Å²) in [6.07, 6.45) is 0. The fraction of sp³-hybridized carbons (Fsp3) is 0.355. The van der Waals surface area contributed by atoms with E-state index in [-0.39, 0.29) is 15.5 Å². The molecule has 0 aliphatic heterocycles. The van der Waals surface area contributed by atoms with Crippen molar-refractivity contribution in [2.75, 3.05) is 6.61 Å². The van der Waals surface area contributed by atoms with Crippen LogP contribution in [-0.2, 0) is 16.4 Å². The summed E-state index contributed by atoms with van der Waals surface area (Å²) >= 11 is 6.24. The van der Waals surface area contributed by atoms with Crippen molar-refractivity contribution in [1.82, 2.24) is 4.57 Å². The Hall–Kier alpha value is -2.60. The molecule has 0 saturated heterocycles. The van der Waals surface area contributed by atoms with E-state index in [1.807, 2.05) is 30.3 Å². The van der Waals surface area contributed by atoms with Crippen LogP contribution in [0.4, 0.5) is 4.39 Å². The van der Waals surface area contributed by atoms with Gasteiger partial charge in [-0.15, -0.1) is 0 Å². The molecule has 0 N–H and O–H groups in total. The minimum absolute atomic E-state index is 0.0945. The van der Waals surface area contributed by atoms with Crippen molar-refractivity contribution in [2.45, 2.75) is 64.8 Å². The summed E-state index contributed by atoms with van der Waals surface area (Å²) in [5.74, 6) is 0.367. The third kappa shape index (κ3) is 5.79. The largest absolute Gasteiger partial charge is 0.488 e. The van der Waals surface area contributed by atoms with E-state index in [0.29, 0.717) is 13.2 Å². The van der Waals surface area contributed by atoms with Crippen LogP contribution in [0.3, 0.4) is 0 Å². The molecule has 37 heavy (non-hydrogen) atoms. The lowest BCUT2D eigenvalue weighted by Gasteiger charge is -2.39. The summed E-state index contributed by atoms with van der Waals surface area (Å²) in [6.45, 7) is 16.7. The van der Waals surface area contributed by atoms with Gasteiger partial charge in [-0.1, -0.05) is 82.6 Å². The average molecular weight is 538 g/mol. The SMILES string of the molecule is CC(C)(CO[Si](C)(C)C(C)(C)C)c1cc2c(OCc3ccccc3)cccc2n1-c1ccc(F)c(Cl)c1. The number of ether oxygens (including phenoxy) is 1. The summed E-state index contributed by atoms with van der Waals surface area (Å²) < 4.78 is 29.2. The van der Waals surface area contributed by atoms with Gasteiger partial charge in [0.05, 0.1) is 10.5 Å². The number of benzene rings is 3. The van der Waals surface area contributed by atoms with Crippen molar-refractivity contribution >= 4 is 30.8 Å². The van der Waals surface area contributed by atoms with Crippen LogP contribution in [0.1, 0.15) is 45.9 Å².